The Morgan fingerprint density at radius 3 is 2.73 bits per heavy atom. The number of aliphatic hydroxyl groups excluding tert-OH is 1. The van der Waals surface area contributed by atoms with E-state index in [4.69, 9.17) is 0 Å². The molecule has 0 aromatic heterocycles. The van der Waals surface area contributed by atoms with Crippen LogP contribution < -0.4 is 5.32 Å². The molecule has 11 heavy (non-hydrogen) atoms. The second-order valence-corrected chi connectivity index (χ2v) is 3.86. The first-order valence-corrected chi connectivity index (χ1v) is 4.79. The normalized spacial score (nSPS) is 45.0. The molecule has 0 amide bonds. The summed E-state index contributed by atoms with van der Waals surface area (Å²) in [6, 6.07) is 0.632. The molecule has 0 spiro atoms. The van der Waals surface area contributed by atoms with E-state index in [1.54, 1.807) is 0 Å². The maximum absolute atomic E-state index is 9.66. The highest BCUT2D eigenvalue weighted by molar-refractivity contribution is 4.89. The summed E-state index contributed by atoms with van der Waals surface area (Å²) in [6.45, 7) is 1.02. The molecular weight excluding hydrogens is 138 g/mol. The first-order chi connectivity index (χ1) is 5.38. The fourth-order valence-corrected chi connectivity index (χ4v) is 2.50. The Morgan fingerprint density at radius 2 is 1.91 bits per heavy atom. The van der Waals surface area contributed by atoms with Crippen LogP contribution >= 0.6 is 0 Å². The topological polar surface area (TPSA) is 32.3 Å². The molecule has 2 nitrogen and oxygen atoms in total. The molecule has 3 atom stereocenters. The van der Waals surface area contributed by atoms with Gasteiger partial charge >= 0.3 is 0 Å². The van der Waals surface area contributed by atoms with Crippen LogP contribution in [-0.2, 0) is 0 Å². The molecule has 0 aromatic rings. The molecule has 1 aliphatic heterocycles. The van der Waals surface area contributed by atoms with Crippen molar-refractivity contribution in [1.82, 2.24) is 5.32 Å². The summed E-state index contributed by atoms with van der Waals surface area (Å²) in [5.74, 6) is 0.567. The molecule has 0 unspecified atom stereocenters. The lowest BCUT2D eigenvalue weighted by Crippen LogP contribution is -2.49. The summed E-state index contributed by atoms with van der Waals surface area (Å²) in [5, 5.41) is 13.2. The lowest BCUT2D eigenvalue weighted by Gasteiger charge is -2.39. The summed E-state index contributed by atoms with van der Waals surface area (Å²) in [7, 11) is 0. The lowest BCUT2D eigenvalue weighted by molar-refractivity contribution is 0.0317. The minimum atomic E-state index is -0.0125. The van der Waals surface area contributed by atoms with E-state index in [9.17, 15) is 5.11 Å². The smallest absolute Gasteiger partial charge is 0.0595 e. The summed E-state index contributed by atoms with van der Waals surface area (Å²) >= 11 is 0. The van der Waals surface area contributed by atoms with Gasteiger partial charge in [-0.1, -0.05) is 12.8 Å². The van der Waals surface area contributed by atoms with Crippen molar-refractivity contribution in [3.8, 4) is 0 Å². The molecule has 2 N–H and O–H groups in total. The molecule has 0 radical (unpaired) electrons. The van der Waals surface area contributed by atoms with Gasteiger partial charge in [0.2, 0.25) is 0 Å². The minimum absolute atomic E-state index is 0.0125. The van der Waals surface area contributed by atoms with Gasteiger partial charge in [0, 0.05) is 12.0 Å². The zero-order chi connectivity index (χ0) is 7.68. The van der Waals surface area contributed by atoms with Crippen molar-refractivity contribution in [1.29, 1.82) is 0 Å². The first kappa shape index (κ1) is 7.56. The van der Waals surface area contributed by atoms with Gasteiger partial charge in [0.05, 0.1) is 6.10 Å². The molecule has 1 saturated heterocycles. The van der Waals surface area contributed by atoms with Gasteiger partial charge in [0.15, 0.2) is 0 Å². The number of aliphatic hydroxyl groups is 1. The SMILES string of the molecule is O[C@@H]1CCN[C@@H]2CCCC[C@H]12. The van der Waals surface area contributed by atoms with Crippen LogP contribution in [0.25, 0.3) is 0 Å². The monoisotopic (exact) mass is 155 g/mol. The van der Waals surface area contributed by atoms with Crippen molar-refractivity contribution >= 4 is 0 Å². The fraction of sp³-hybridized carbons (Fsp3) is 1.00. The van der Waals surface area contributed by atoms with Gasteiger partial charge in [-0.25, -0.2) is 0 Å². The van der Waals surface area contributed by atoms with Gasteiger partial charge in [-0.15, -0.1) is 0 Å². The van der Waals surface area contributed by atoms with E-state index < -0.39 is 0 Å². The summed E-state index contributed by atoms with van der Waals surface area (Å²) < 4.78 is 0. The standard InChI is InChI=1S/C9H17NO/c11-9-5-6-10-8-4-2-1-3-7(8)9/h7-11H,1-6H2/t7-,8+,9+/m0/s1. The highest BCUT2D eigenvalue weighted by Crippen LogP contribution is 2.30. The van der Waals surface area contributed by atoms with Crippen molar-refractivity contribution < 1.29 is 5.11 Å². The Balaban J connectivity index is 1.99. The largest absolute Gasteiger partial charge is 0.393 e. The van der Waals surface area contributed by atoms with Crippen molar-refractivity contribution in [3.63, 3.8) is 0 Å². The van der Waals surface area contributed by atoms with E-state index in [1.807, 2.05) is 0 Å². The van der Waals surface area contributed by atoms with Crippen LogP contribution in [-0.4, -0.2) is 23.8 Å². The average Bonchev–Trinajstić information content (AvgIpc) is 2.06. The van der Waals surface area contributed by atoms with Crippen LogP contribution in [0.1, 0.15) is 32.1 Å². The van der Waals surface area contributed by atoms with Crippen LogP contribution in [0.2, 0.25) is 0 Å². The van der Waals surface area contributed by atoms with Crippen molar-refractivity contribution in [2.45, 2.75) is 44.2 Å². The van der Waals surface area contributed by atoms with E-state index in [-0.39, 0.29) is 6.10 Å². The van der Waals surface area contributed by atoms with Crippen molar-refractivity contribution in [2.75, 3.05) is 6.54 Å². The average molecular weight is 155 g/mol. The molecule has 1 heterocycles. The maximum atomic E-state index is 9.66. The molecule has 64 valence electrons. The number of hydrogen-bond donors (Lipinski definition) is 2. The van der Waals surface area contributed by atoms with Crippen LogP contribution in [0.15, 0.2) is 0 Å². The quantitative estimate of drug-likeness (QED) is 0.544. The van der Waals surface area contributed by atoms with E-state index in [0.717, 1.165) is 13.0 Å². The third-order valence-corrected chi connectivity index (χ3v) is 3.16. The maximum Gasteiger partial charge on any atom is 0.0595 e. The molecule has 0 aromatic carbocycles. The summed E-state index contributed by atoms with van der Waals surface area (Å²) in [4.78, 5) is 0. The Kier molecular flexibility index (Phi) is 2.14. The van der Waals surface area contributed by atoms with Gasteiger partial charge < -0.3 is 10.4 Å². The van der Waals surface area contributed by atoms with Gasteiger partial charge in [-0.3, -0.25) is 0 Å². The van der Waals surface area contributed by atoms with Gasteiger partial charge in [-0.2, -0.15) is 0 Å². The zero-order valence-electron chi connectivity index (χ0n) is 6.92. The Morgan fingerprint density at radius 1 is 1.09 bits per heavy atom. The fourth-order valence-electron chi connectivity index (χ4n) is 2.50. The van der Waals surface area contributed by atoms with Gasteiger partial charge in [0.1, 0.15) is 0 Å². The predicted octanol–water partition coefficient (Wildman–Crippen LogP) is 0.899. The molecule has 0 bridgehead atoms. The highest BCUT2D eigenvalue weighted by Gasteiger charge is 2.33. The number of fused-ring (bicyclic) bond motifs is 1. The Hall–Kier alpha value is -0.0800. The second kappa shape index (κ2) is 3.11. The summed E-state index contributed by atoms with van der Waals surface area (Å²) in [6.07, 6.45) is 6.13. The number of hydrogen-bond acceptors (Lipinski definition) is 2. The minimum Gasteiger partial charge on any atom is -0.393 e. The molecular formula is C9H17NO. The van der Waals surface area contributed by atoms with Crippen LogP contribution in [0, 0.1) is 5.92 Å². The third-order valence-electron chi connectivity index (χ3n) is 3.16. The van der Waals surface area contributed by atoms with E-state index in [0.29, 0.717) is 12.0 Å². The van der Waals surface area contributed by atoms with Gasteiger partial charge in [0.25, 0.3) is 0 Å². The predicted molar refractivity (Wildman–Crippen MR) is 44.4 cm³/mol. The molecule has 1 aliphatic carbocycles. The second-order valence-electron chi connectivity index (χ2n) is 3.86. The Bertz CT molecular complexity index is 136. The first-order valence-electron chi connectivity index (χ1n) is 4.79. The van der Waals surface area contributed by atoms with Crippen LogP contribution in [0.5, 0.6) is 0 Å². The third kappa shape index (κ3) is 1.42. The Labute approximate surface area is 68.0 Å². The zero-order valence-corrected chi connectivity index (χ0v) is 6.92. The lowest BCUT2D eigenvalue weighted by atomic mass is 9.78. The van der Waals surface area contributed by atoms with Crippen LogP contribution in [0.3, 0.4) is 0 Å². The highest BCUT2D eigenvalue weighted by atomic mass is 16.3. The van der Waals surface area contributed by atoms with Crippen molar-refractivity contribution in [2.24, 2.45) is 5.92 Å². The van der Waals surface area contributed by atoms with E-state index in [2.05, 4.69) is 5.32 Å². The van der Waals surface area contributed by atoms with E-state index >= 15 is 0 Å². The number of nitrogens with one attached hydrogen (secondary N) is 1. The molecule has 2 heteroatoms. The van der Waals surface area contributed by atoms with Gasteiger partial charge in [-0.05, 0) is 25.8 Å². The molecule has 2 fully saturated rings. The molecule has 2 rings (SSSR count). The summed E-state index contributed by atoms with van der Waals surface area (Å²) in [5.41, 5.74) is 0. The van der Waals surface area contributed by atoms with Crippen molar-refractivity contribution in [3.05, 3.63) is 0 Å². The molecule has 2 aliphatic rings. The van der Waals surface area contributed by atoms with Crippen LogP contribution in [0.4, 0.5) is 0 Å². The number of rotatable bonds is 0. The van der Waals surface area contributed by atoms with E-state index in [1.165, 1.54) is 25.7 Å². The number of piperidine rings is 1. The molecule has 1 saturated carbocycles.